The summed E-state index contributed by atoms with van der Waals surface area (Å²) in [5.41, 5.74) is 3.56. The summed E-state index contributed by atoms with van der Waals surface area (Å²) in [4.78, 5) is 19.7. The Morgan fingerprint density at radius 2 is 2.22 bits per heavy atom. The van der Waals surface area contributed by atoms with Crippen LogP contribution < -0.4 is 0 Å². The summed E-state index contributed by atoms with van der Waals surface area (Å²) in [7, 11) is 2.13. The lowest BCUT2D eigenvalue weighted by Gasteiger charge is -2.41. The quantitative estimate of drug-likeness (QED) is 0.711. The van der Waals surface area contributed by atoms with Gasteiger partial charge in [-0.2, -0.15) is 0 Å². The lowest BCUT2D eigenvalue weighted by atomic mass is 9.67. The predicted molar refractivity (Wildman–Crippen MR) is 72.6 cm³/mol. The van der Waals surface area contributed by atoms with Crippen molar-refractivity contribution in [2.24, 2.45) is 22.7 Å². The van der Waals surface area contributed by atoms with E-state index in [0.29, 0.717) is 11.7 Å². The smallest absolute Gasteiger partial charge is 0.150 e. The van der Waals surface area contributed by atoms with Crippen LogP contribution in [0.5, 0.6) is 0 Å². The highest BCUT2D eigenvalue weighted by atomic mass is 16.1. The van der Waals surface area contributed by atoms with Gasteiger partial charge in [0.2, 0.25) is 0 Å². The van der Waals surface area contributed by atoms with E-state index in [0.717, 1.165) is 38.0 Å². The van der Waals surface area contributed by atoms with E-state index in [9.17, 15) is 4.79 Å². The lowest BCUT2D eigenvalue weighted by molar-refractivity contribution is -0.128. The number of likely N-dealkylation sites (tertiary alicyclic amines) is 1. The summed E-state index contributed by atoms with van der Waals surface area (Å²) < 4.78 is 0. The first-order valence-electron chi connectivity index (χ1n) is 7.11. The zero-order valence-corrected chi connectivity index (χ0v) is 11.6. The second-order valence-corrected chi connectivity index (χ2v) is 6.02. The van der Waals surface area contributed by atoms with Crippen LogP contribution in [0.3, 0.4) is 0 Å². The number of piperidine rings is 1. The van der Waals surface area contributed by atoms with Gasteiger partial charge in [-0.25, -0.2) is 0 Å². The fourth-order valence-corrected chi connectivity index (χ4v) is 3.93. The summed E-state index contributed by atoms with van der Waals surface area (Å²) in [5.74, 6) is 1.29. The van der Waals surface area contributed by atoms with Crippen molar-refractivity contribution in [2.45, 2.75) is 33.1 Å². The fraction of sp³-hybridized carbons (Fsp3) is 0.733. The third kappa shape index (κ3) is 1.68. The first-order chi connectivity index (χ1) is 8.61. The highest BCUT2D eigenvalue weighted by Crippen LogP contribution is 2.42. The van der Waals surface area contributed by atoms with Crippen LogP contribution in [0.25, 0.3) is 0 Å². The van der Waals surface area contributed by atoms with Crippen molar-refractivity contribution in [3.05, 3.63) is 11.3 Å². The van der Waals surface area contributed by atoms with E-state index in [-0.39, 0.29) is 11.8 Å². The first-order valence-corrected chi connectivity index (χ1v) is 7.11. The van der Waals surface area contributed by atoms with Gasteiger partial charge in [0, 0.05) is 23.9 Å². The molecule has 2 fully saturated rings. The van der Waals surface area contributed by atoms with Crippen LogP contribution >= 0.6 is 0 Å². The number of ketones is 1. The number of allylic oxidation sites excluding steroid dienone is 2. The van der Waals surface area contributed by atoms with Crippen LogP contribution in [-0.4, -0.2) is 36.5 Å². The number of carbonyl (C=O) groups is 1. The molecule has 0 bridgehead atoms. The molecule has 1 aliphatic carbocycles. The number of rotatable bonds is 1. The van der Waals surface area contributed by atoms with Gasteiger partial charge >= 0.3 is 0 Å². The van der Waals surface area contributed by atoms with Crippen molar-refractivity contribution in [1.82, 2.24) is 4.90 Å². The van der Waals surface area contributed by atoms with Crippen molar-refractivity contribution in [3.63, 3.8) is 0 Å². The Balaban J connectivity index is 1.91. The molecule has 0 N–H and O–H groups in total. The van der Waals surface area contributed by atoms with Gasteiger partial charge in [-0.3, -0.25) is 9.79 Å². The van der Waals surface area contributed by atoms with E-state index in [4.69, 9.17) is 0 Å². The minimum atomic E-state index is 0.0442. The molecule has 0 aromatic heterocycles. The molecular formula is C15H22N2O. The summed E-state index contributed by atoms with van der Waals surface area (Å²) >= 11 is 0. The van der Waals surface area contributed by atoms with Gasteiger partial charge in [-0.1, -0.05) is 6.92 Å². The summed E-state index contributed by atoms with van der Waals surface area (Å²) in [5, 5.41) is 0. The van der Waals surface area contributed by atoms with Gasteiger partial charge in [0.05, 0.1) is 5.92 Å². The largest absolute Gasteiger partial charge is 0.306 e. The molecule has 2 heterocycles. The van der Waals surface area contributed by atoms with Gasteiger partial charge in [-0.05, 0) is 51.3 Å². The van der Waals surface area contributed by atoms with Crippen molar-refractivity contribution in [1.29, 1.82) is 0 Å². The van der Waals surface area contributed by atoms with E-state index >= 15 is 0 Å². The molecule has 1 saturated heterocycles. The standard InChI is InChI=1S/C15H22N2O/c1-4-11-9(2)16-13-7-10-5-6-17(3)8-12(10)15(18)14(11)13/h10,12,14H,4-8H2,1-3H3/t10-,12+,14?/m0/s1. The molecule has 98 valence electrons. The Morgan fingerprint density at radius 3 is 2.94 bits per heavy atom. The molecule has 0 radical (unpaired) electrons. The minimum absolute atomic E-state index is 0.0442. The van der Waals surface area contributed by atoms with Crippen molar-refractivity contribution in [3.8, 4) is 0 Å². The van der Waals surface area contributed by atoms with Crippen LogP contribution in [0.15, 0.2) is 16.3 Å². The van der Waals surface area contributed by atoms with Crippen LogP contribution in [0.4, 0.5) is 0 Å². The lowest BCUT2D eigenvalue weighted by Crippen LogP contribution is -2.49. The molecule has 1 saturated carbocycles. The van der Waals surface area contributed by atoms with Gasteiger partial charge in [0.1, 0.15) is 5.78 Å². The average molecular weight is 246 g/mol. The second-order valence-electron chi connectivity index (χ2n) is 6.02. The van der Waals surface area contributed by atoms with Crippen LogP contribution in [0, 0.1) is 17.8 Å². The maximum atomic E-state index is 12.8. The third-order valence-corrected chi connectivity index (χ3v) is 4.92. The van der Waals surface area contributed by atoms with Gasteiger partial charge in [0.25, 0.3) is 0 Å². The molecule has 0 aromatic carbocycles. The van der Waals surface area contributed by atoms with Gasteiger partial charge in [-0.15, -0.1) is 0 Å². The maximum Gasteiger partial charge on any atom is 0.150 e. The summed E-state index contributed by atoms with van der Waals surface area (Å²) in [6.45, 7) is 6.28. The molecule has 3 heteroatoms. The summed E-state index contributed by atoms with van der Waals surface area (Å²) in [6, 6.07) is 0. The van der Waals surface area contributed by atoms with Crippen LogP contribution in [0.1, 0.15) is 33.1 Å². The average Bonchev–Trinajstić information content (AvgIpc) is 2.66. The van der Waals surface area contributed by atoms with Gasteiger partial charge < -0.3 is 4.90 Å². The number of carbonyl (C=O) groups excluding carboxylic acids is 1. The Kier molecular flexibility index (Phi) is 2.89. The Morgan fingerprint density at radius 1 is 1.44 bits per heavy atom. The number of aliphatic imine (C=N–C) groups is 1. The SMILES string of the molecule is CCC1=C(C)N=C2C[C@@H]3CCN(C)C[C@H]3C(=O)C21. The van der Waals surface area contributed by atoms with Crippen molar-refractivity contribution < 1.29 is 4.79 Å². The molecule has 0 amide bonds. The molecule has 3 rings (SSSR count). The molecule has 3 nitrogen and oxygen atoms in total. The maximum absolute atomic E-state index is 12.8. The van der Waals surface area contributed by atoms with E-state index in [1.165, 1.54) is 11.3 Å². The molecular weight excluding hydrogens is 224 g/mol. The minimum Gasteiger partial charge on any atom is -0.306 e. The molecule has 2 aliphatic heterocycles. The van der Waals surface area contributed by atoms with Crippen molar-refractivity contribution in [2.75, 3.05) is 20.1 Å². The zero-order valence-electron chi connectivity index (χ0n) is 11.6. The molecule has 3 aliphatic rings. The number of Topliss-reactive ketones (excluding diaryl/α,β-unsaturated/α-hetero) is 1. The Bertz CT molecular complexity index is 449. The zero-order chi connectivity index (χ0) is 12.9. The Hall–Kier alpha value is -0.960. The van der Waals surface area contributed by atoms with Gasteiger partial charge in [0.15, 0.2) is 0 Å². The highest BCUT2D eigenvalue weighted by Gasteiger charge is 2.46. The topological polar surface area (TPSA) is 32.7 Å². The van der Waals surface area contributed by atoms with Crippen LogP contribution in [0.2, 0.25) is 0 Å². The number of hydrogen-bond acceptors (Lipinski definition) is 3. The van der Waals surface area contributed by atoms with Crippen LogP contribution in [-0.2, 0) is 4.79 Å². The number of fused-ring (bicyclic) bond motifs is 2. The fourth-order valence-electron chi connectivity index (χ4n) is 3.93. The van der Waals surface area contributed by atoms with E-state index in [1.807, 2.05) is 0 Å². The van der Waals surface area contributed by atoms with E-state index in [1.54, 1.807) is 0 Å². The Labute approximate surface area is 109 Å². The van der Waals surface area contributed by atoms with E-state index < -0.39 is 0 Å². The monoisotopic (exact) mass is 246 g/mol. The molecule has 18 heavy (non-hydrogen) atoms. The third-order valence-electron chi connectivity index (χ3n) is 4.92. The number of nitrogens with zero attached hydrogens (tertiary/aromatic N) is 2. The normalized spacial score (nSPS) is 36.5. The molecule has 0 aromatic rings. The summed E-state index contributed by atoms with van der Waals surface area (Å²) in [6.07, 6.45) is 3.16. The van der Waals surface area contributed by atoms with Crippen molar-refractivity contribution >= 4 is 11.5 Å². The first kappa shape index (κ1) is 12.1. The highest BCUT2D eigenvalue weighted by molar-refractivity contribution is 6.12. The molecule has 0 spiro atoms. The molecule has 1 unspecified atom stereocenters. The second kappa shape index (κ2) is 4.30. The van der Waals surface area contributed by atoms with E-state index in [2.05, 4.69) is 30.8 Å². The number of hydrogen-bond donors (Lipinski definition) is 0. The molecule has 3 atom stereocenters. The predicted octanol–water partition coefficient (Wildman–Crippen LogP) is 2.28.